The normalized spacial score (nSPS) is 11.7. The van der Waals surface area contributed by atoms with Crippen molar-refractivity contribution in [1.82, 2.24) is 29.4 Å². The molecule has 0 fully saturated rings. The minimum Gasteiger partial charge on any atom is -0.361 e. The standard InChI is InChI=1S/C26H21ClN6O/c1-2-20-23(16-7-9-18(27)10-8-16)25-30-29-24-22(33(25)31-20)12-14-32(26(24)34)13-11-17-15-28-21-6-4-3-5-19(17)21/h3-10,12,14-15,28H,2,11,13H2,1H3. The van der Waals surface area contributed by atoms with E-state index in [9.17, 15) is 4.79 Å². The summed E-state index contributed by atoms with van der Waals surface area (Å²) < 4.78 is 3.42. The summed E-state index contributed by atoms with van der Waals surface area (Å²) in [5.74, 6) is 0. The van der Waals surface area contributed by atoms with Crippen LogP contribution in [0.5, 0.6) is 0 Å². The molecule has 0 radical (unpaired) electrons. The Kier molecular flexibility index (Phi) is 4.92. The highest BCUT2D eigenvalue weighted by molar-refractivity contribution is 6.30. The van der Waals surface area contributed by atoms with Gasteiger partial charge in [-0.15, -0.1) is 10.2 Å². The van der Waals surface area contributed by atoms with E-state index < -0.39 is 0 Å². The second-order valence-electron chi connectivity index (χ2n) is 8.28. The summed E-state index contributed by atoms with van der Waals surface area (Å²) in [6.07, 6.45) is 5.28. The van der Waals surface area contributed by atoms with Crippen LogP contribution in [-0.4, -0.2) is 29.4 Å². The Morgan fingerprint density at radius 2 is 1.85 bits per heavy atom. The minimum atomic E-state index is -0.173. The molecule has 0 saturated carbocycles. The van der Waals surface area contributed by atoms with Gasteiger partial charge in [-0.3, -0.25) is 4.79 Å². The quantitative estimate of drug-likeness (QED) is 0.384. The number of fused-ring (bicyclic) bond motifs is 4. The Morgan fingerprint density at radius 1 is 1.03 bits per heavy atom. The molecule has 0 aliphatic rings. The number of hydrogen-bond acceptors (Lipinski definition) is 4. The molecule has 2 aromatic carbocycles. The molecule has 0 spiro atoms. The average molecular weight is 469 g/mol. The molecular formula is C26H21ClN6O. The van der Waals surface area contributed by atoms with Gasteiger partial charge < -0.3 is 9.55 Å². The highest BCUT2D eigenvalue weighted by Crippen LogP contribution is 2.30. The van der Waals surface area contributed by atoms with Crippen LogP contribution in [0.15, 0.2) is 71.8 Å². The van der Waals surface area contributed by atoms with Gasteiger partial charge in [0.2, 0.25) is 0 Å². The molecule has 0 saturated heterocycles. The third-order valence-electron chi connectivity index (χ3n) is 6.29. The summed E-state index contributed by atoms with van der Waals surface area (Å²) >= 11 is 6.07. The summed E-state index contributed by atoms with van der Waals surface area (Å²) in [7, 11) is 0. The number of nitrogens with one attached hydrogen (secondary N) is 1. The molecule has 0 aliphatic carbocycles. The van der Waals surface area contributed by atoms with E-state index in [2.05, 4.69) is 34.2 Å². The van der Waals surface area contributed by atoms with Crippen molar-refractivity contribution in [2.75, 3.05) is 0 Å². The highest BCUT2D eigenvalue weighted by atomic mass is 35.5. The fraction of sp³-hybridized carbons (Fsp3) is 0.154. The lowest BCUT2D eigenvalue weighted by Crippen LogP contribution is -2.22. The van der Waals surface area contributed by atoms with Gasteiger partial charge in [0.25, 0.3) is 5.56 Å². The van der Waals surface area contributed by atoms with Gasteiger partial charge in [-0.25, -0.2) is 4.52 Å². The zero-order chi connectivity index (χ0) is 23.2. The smallest absolute Gasteiger partial charge is 0.280 e. The topological polar surface area (TPSA) is 80.9 Å². The van der Waals surface area contributed by atoms with Crippen molar-refractivity contribution < 1.29 is 0 Å². The van der Waals surface area contributed by atoms with E-state index in [1.54, 1.807) is 9.08 Å². The Balaban J connectivity index is 1.42. The molecule has 0 atom stereocenters. The number of benzene rings is 2. The van der Waals surface area contributed by atoms with Gasteiger partial charge in [-0.2, -0.15) is 5.10 Å². The molecule has 0 unspecified atom stereocenters. The lowest BCUT2D eigenvalue weighted by Gasteiger charge is -2.07. The Hall–Kier alpha value is -3.97. The van der Waals surface area contributed by atoms with Gasteiger partial charge >= 0.3 is 0 Å². The number of aromatic nitrogens is 6. The van der Waals surface area contributed by atoms with E-state index in [1.807, 2.05) is 54.9 Å². The number of H-pyrrole nitrogens is 1. The number of aromatic amines is 1. The van der Waals surface area contributed by atoms with E-state index in [0.717, 1.165) is 35.2 Å². The molecule has 0 aliphatic heterocycles. The average Bonchev–Trinajstić information content (AvgIpc) is 3.45. The van der Waals surface area contributed by atoms with Crippen molar-refractivity contribution in [2.24, 2.45) is 0 Å². The molecule has 0 bridgehead atoms. The van der Waals surface area contributed by atoms with Gasteiger partial charge in [0.1, 0.15) is 5.52 Å². The maximum absolute atomic E-state index is 13.3. The maximum Gasteiger partial charge on any atom is 0.280 e. The first-order valence-corrected chi connectivity index (χ1v) is 11.6. The number of nitrogens with zero attached hydrogens (tertiary/aromatic N) is 5. The van der Waals surface area contributed by atoms with Crippen molar-refractivity contribution in [1.29, 1.82) is 0 Å². The van der Waals surface area contributed by atoms with Crippen LogP contribution in [0.4, 0.5) is 0 Å². The number of aryl methyl sites for hydroxylation is 3. The number of rotatable bonds is 5. The monoisotopic (exact) mass is 468 g/mol. The van der Waals surface area contributed by atoms with E-state index in [0.29, 0.717) is 28.2 Å². The molecule has 6 rings (SSSR count). The Labute approximate surface area is 199 Å². The van der Waals surface area contributed by atoms with Crippen molar-refractivity contribution in [3.63, 3.8) is 0 Å². The van der Waals surface area contributed by atoms with Crippen LogP contribution < -0.4 is 5.56 Å². The zero-order valence-electron chi connectivity index (χ0n) is 18.5. The molecule has 34 heavy (non-hydrogen) atoms. The summed E-state index contributed by atoms with van der Waals surface area (Å²) in [6.45, 7) is 2.60. The molecule has 1 N–H and O–H groups in total. The number of para-hydroxylation sites is 1. The van der Waals surface area contributed by atoms with Crippen LogP contribution in [0.3, 0.4) is 0 Å². The number of hydrogen-bond donors (Lipinski definition) is 1. The first-order valence-electron chi connectivity index (χ1n) is 11.2. The van der Waals surface area contributed by atoms with Gasteiger partial charge in [-0.1, -0.05) is 48.9 Å². The number of halogens is 1. The fourth-order valence-corrected chi connectivity index (χ4v) is 4.67. The molecule has 168 valence electrons. The van der Waals surface area contributed by atoms with E-state index in [4.69, 9.17) is 16.7 Å². The van der Waals surface area contributed by atoms with Crippen LogP contribution in [0.1, 0.15) is 18.2 Å². The summed E-state index contributed by atoms with van der Waals surface area (Å²) in [4.78, 5) is 16.6. The van der Waals surface area contributed by atoms with E-state index >= 15 is 0 Å². The predicted octanol–water partition coefficient (Wildman–Crippen LogP) is 5.05. The van der Waals surface area contributed by atoms with Gasteiger partial charge in [0.15, 0.2) is 11.2 Å². The van der Waals surface area contributed by atoms with E-state index in [1.165, 1.54) is 10.9 Å². The predicted molar refractivity (Wildman–Crippen MR) is 134 cm³/mol. The first-order chi connectivity index (χ1) is 16.6. The lowest BCUT2D eigenvalue weighted by atomic mass is 10.0. The van der Waals surface area contributed by atoms with Crippen LogP contribution in [0.25, 0.3) is 38.7 Å². The van der Waals surface area contributed by atoms with E-state index in [-0.39, 0.29) is 5.56 Å². The Bertz CT molecular complexity index is 1730. The molecule has 0 amide bonds. The Morgan fingerprint density at radius 3 is 2.68 bits per heavy atom. The molecule has 6 aromatic rings. The summed E-state index contributed by atoms with van der Waals surface area (Å²) in [5, 5.41) is 15.4. The highest BCUT2D eigenvalue weighted by Gasteiger charge is 2.19. The largest absolute Gasteiger partial charge is 0.361 e. The van der Waals surface area contributed by atoms with Crippen molar-refractivity contribution in [3.8, 4) is 11.1 Å². The summed E-state index contributed by atoms with van der Waals surface area (Å²) in [6, 6.07) is 17.7. The second-order valence-corrected chi connectivity index (χ2v) is 8.71. The zero-order valence-corrected chi connectivity index (χ0v) is 19.3. The molecule has 4 heterocycles. The van der Waals surface area contributed by atoms with Crippen LogP contribution in [0, 0.1) is 0 Å². The van der Waals surface area contributed by atoms with Crippen molar-refractivity contribution >= 4 is 39.2 Å². The molecule has 8 heteroatoms. The fourth-order valence-electron chi connectivity index (χ4n) is 4.54. The lowest BCUT2D eigenvalue weighted by molar-refractivity contribution is 0.673. The van der Waals surface area contributed by atoms with Crippen LogP contribution >= 0.6 is 11.6 Å². The first kappa shape index (κ1) is 20.6. The molecule has 7 nitrogen and oxygen atoms in total. The van der Waals surface area contributed by atoms with Gasteiger partial charge in [0, 0.05) is 34.9 Å². The minimum absolute atomic E-state index is 0.173. The SMILES string of the molecule is CCc1nn2c(nnc3c(=O)n(CCc4c[nH]c5ccccc45)ccc32)c1-c1ccc(Cl)cc1. The molecular weight excluding hydrogens is 448 g/mol. The van der Waals surface area contributed by atoms with Gasteiger partial charge in [0.05, 0.1) is 11.3 Å². The van der Waals surface area contributed by atoms with Crippen LogP contribution in [0.2, 0.25) is 5.02 Å². The van der Waals surface area contributed by atoms with Crippen molar-refractivity contribution in [2.45, 2.75) is 26.3 Å². The second kappa shape index (κ2) is 8.11. The van der Waals surface area contributed by atoms with Crippen molar-refractivity contribution in [3.05, 3.63) is 93.6 Å². The third-order valence-corrected chi connectivity index (χ3v) is 6.54. The third kappa shape index (κ3) is 3.28. The van der Waals surface area contributed by atoms with Crippen LogP contribution in [-0.2, 0) is 19.4 Å². The van der Waals surface area contributed by atoms with Gasteiger partial charge in [-0.05, 0) is 48.2 Å². The summed E-state index contributed by atoms with van der Waals surface area (Å²) in [5.41, 5.74) is 6.46. The number of pyridine rings is 1. The molecule has 4 aromatic heterocycles. The maximum atomic E-state index is 13.3.